The molecule has 0 aliphatic rings. The van der Waals surface area contributed by atoms with Gasteiger partial charge in [0.2, 0.25) is 0 Å². The van der Waals surface area contributed by atoms with Gasteiger partial charge in [-0.05, 0) is 43.2 Å². The van der Waals surface area contributed by atoms with Crippen molar-refractivity contribution in [3.8, 4) is 10.6 Å². The van der Waals surface area contributed by atoms with E-state index in [1.807, 2.05) is 24.4 Å². The Morgan fingerprint density at radius 3 is 2.30 bits per heavy atom. The summed E-state index contributed by atoms with van der Waals surface area (Å²) in [6, 6.07) is 12.1. The Kier molecular flexibility index (Phi) is 5.60. The van der Waals surface area contributed by atoms with E-state index >= 15 is 0 Å². The van der Waals surface area contributed by atoms with Crippen LogP contribution >= 0.6 is 11.3 Å². The number of halogens is 3. The van der Waals surface area contributed by atoms with Crippen molar-refractivity contribution < 1.29 is 18.0 Å². The number of carbonyl (C=O) groups excluding carboxylic acids is 1. The van der Waals surface area contributed by atoms with Gasteiger partial charge >= 0.3 is 6.18 Å². The highest BCUT2D eigenvalue weighted by Crippen LogP contribution is 2.29. The van der Waals surface area contributed by atoms with E-state index in [1.165, 1.54) is 12.1 Å². The monoisotopic (exact) mass is 390 g/mol. The number of nitrogens with zero attached hydrogens (tertiary/aromatic N) is 1. The van der Waals surface area contributed by atoms with Gasteiger partial charge in [-0.1, -0.05) is 24.3 Å². The maximum Gasteiger partial charge on any atom is 0.416 e. The zero-order valence-electron chi connectivity index (χ0n) is 14.5. The zero-order valence-corrected chi connectivity index (χ0v) is 15.3. The third-order valence-corrected chi connectivity index (χ3v) is 5.00. The summed E-state index contributed by atoms with van der Waals surface area (Å²) in [4.78, 5) is 16.6. The number of benzene rings is 2. The van der Waals surface area contributed by atoms with Gasteiger partial charge in [-0.15, -0.1) is 11.3 Å². The van der Waals surface area contributed by atoms with Crippen LogP contribution in [-0.4, -0.2) is 17.4 Å². The van der Waals surface area contributed by atoms with Gasteiger partial charge < -0.3 is 5.32 Å². The van der Waals surface area contributed by atoms with Crippen molar-refractivity contribution in [1.29, 1.82) is 0 Å². The number of aromatic nitrogens is 1. The van der Waals surface area contributed by atoms with Gasteiger partial charge in [0.05, 0.1) is 5.56 Å². The molecule has 2 aromatic carbocycles. The summed E-state index contributed by atoms with van der Waals surface area (Å²) >= 11 is 1.55. The Morgan fingerprint density at radius 2 is 1.74 bits per heavy atom. The van der Waals surface area contributed by atoms with Crippen LogP contribution in [0.4, 0.5) is 13.2 Å². The quantitative estimate of drug-likeness (QED) is 0.658. The minimum atomic E-state index is -4.34. The molecule has 1 heterocycles. The van der Waals surface area contributed by atoms with Crippen molar-refractivity contribution in [1.82, 2.24) is 10.3 Å². The highest BCUT2D eigenvalue weighted by Gasteiger charge is 2.29. The molecule has 0 radical (unpaired) electrons. The van der Waals surface area contributed by atoms with Crippen LogP contribution < -0.4 is 5.32 Å². The van der Waals surface area contributed by atoms with Crippen molar-refractivity contribution in [3.05, 3.63) is 76.3 Å². The molecule has 0 bridgehead atoms. The van der Waals surface area contributed by atoms with E-state index in [0.717, 1.165) is 34.0 Å². The summed E-state index contributed by atoms with van der Waals surface area (Å²) in [6.07, 6.45) is -3.88. The molecular weight excluding hydrogens is 373 g/mol. The Bertz CT molecular complexity index is 916. The summed E-state index contributed by atoms with van der Waals surface area (Å²) in [5, 5.41) is 5.66. The molecule has 0 unspecified atom stereocenters. The molecule has 3 aromatic rings. The maximum absolute atomic E-state index is 12.5. The normalized spacial score (nSPS) is 11.4. The van der Waals surface area contributed by atoms with Crippen LogP contribution in [0.3, 0.4) is 0 Å². The van der Waals surface area contributed by atoms with Crippen LogP contribution in [0, 0.1) is 6.92 Å². The lowest BCUT2D eigenvalue weighted by Crippen LogP contribution is -2.25. The number of amides is 1. The smallest absolute Gasteiger partial charge is 0.352 e. The van der Waals surface area contributed by atoms with Crippen molar-refractivity contribution in [2.75, 3.05) is 6.54 Å². The Morgan fingerprint density at radius 1 is 1.07 bits per heavy atom. The Labute approximate surface area is 158 Å². The van der Waals surface area contributed by atoms with E-state index in [9.17, 15) is 18.0 Å². The first-order chi connectivity index (χ1) is 12.8. The van der Waals surface area contributed by atoms with E-state index in [2.05, 4.69) is 10.3 Å². The summed E-state index contributed by atoms with van der Waals surface area (Å²) < 4.78 is 37.6. The second-order valence-corrected chi connectivity index (χ2v) is 6.93. The summed E-state index contributed by atoms with van der Waals surface area (Å²) in [7, 11) is 0. The molecule has 27 heavy (non-hydrogen) atoms. The highest BCUT2D eigenvalue weighted by molar-refractivity contribution is 7.13. The number of carbonyl (C=O) groups is 1. The van der Waals surface area contributed by atoms with Gasteiger partial charge in [-0.3, -0.25) is 4.79 Å². The third kappa shape index (κ3) is 4.95. The predicted molar refractivity (Wildman–Crippen MR) is 99.8 cm³/mol. The molecule has 0 spiro atoms. The summed E-state index contributed by atoms with van der Waals surface area (Å²) in [5.41, 5.74) is 2.50. The van der Waals surface area contributed by atoms with E-state index in [-0.39, 0.29) is 5.91 Å². The fraction of sp³-hybridized carbons (Fsp3) is 0.200. The molecule has 7 heteroatoms. The molecule has 3 nitrogen and oxygen atoms in total. The lowest BCUT2D eigenvalue weighted by Gasteiger charge is -2.08. The molecule has 1 aromatic heterocycles. The number of nitrogens with one attached hydrogen (secondary N) is 1. The van der Waals surface area contributed by atoms with E-state index < -0.39 is 11.7 Å². The molecule has 0 saturated carbocycles. The number of thiazole rings is 1. The highest BCUT2D eigenvalue weighted by atomic mass is 32.1. The molecule has 1 N–H and O–H groups in total. The molecule has 0 aliphatic carbocycles. The van der Waals surface area contributed by atoms with Crippen LogP contribution in [0.2, 0.25) is 0 Å². The van der Waals surface area contributed by atoms with E-state index in [4.69, 9.17) is 0 Å². The molecule has 0 atom stereocenters. The number of hydrogen-bond acceptors (Lipinski definition) is 3. The van der Waals surface area contributed by atoms with Gasteiger partial charge in [0.25, 0.3) is 5.91 Å². The average molecular weight is 390 g/mol. The lowest BCUT2D eigenvalue weighted by atomic mass is 10.1. The van der Waals surface area contributed by atoms with E-state index in [0.29, 0.717) is 18.5 Å². The third-order valence-electron chi connectivity index (χ3n) is 3.99. The summed E-state index contributed by atoms with van der Waals surface area (Å²) in [6.45, 7) is 2.27. The van der Waals surface area contributed by atoms with Crippen molar-refractivity contribution in [2.45, 2.75) is 19.5 Å². The Balaban J connectivity index is 1.53. The molecular formula is C20H17F3N2OS. The summed E-state index contributed by atoms with van der Waals surface area (Å²) in [5.74, 6) is -0.219. The topological polar surface area (TPSA) is 42.0 Å². The van der Waals surface area contributed by atoms with Crippen LogP contribution in [0.15, 0.2) is 53.9 Å². The van der Waals surface area contributed by atoms with Crippen LogP contribution in [0.1, 0.15) is 27.2 Å². The standard InChI is InChI=1S/C20H17F3N2OS/c1-13-12-27-19(25-13)16-6-4-15(5-7-16)18(26)24-11-10-14-2-8-17(9-3-14)20(21,22)23/h2-9,12H,10-11H2,1H3,(H,24,26). The van der Waals surface area contributed by atoms with Gasteiger partial charge in [0.15, 0.2) is 0 Å². The SMILES string of the molecule is Cc1csc(-c2ccc(C(=O)NCCc3ccc(C(F)(F)F)cc3)cc2)n1. The molecule has 0 saturated heterocycles. The number of aryl methyl sites for hydroxylation is 1. The van der Waals surface area contributed by atoms with Gasteiger partial charge in [0, 0.05) is 28.7 Å². The number of hydrogen-bond donors (Lipinski definition) is 1. The second kappa shape index (κ2) is 7.92. The van der Waals surface area contributed by atoms with Gasteiger partial charge in [-0.2, -0.15) is 13.2 Å². The lowest BCUT2D eigenvalue weighted by molar-refractivity contribution is -0.137. The molecule has 0 fully saturated rings. The fourth-order valence-electron chi connectivity index (χ4n) is 2.53. The van der Waals surface area contributed by atoms with Crippen molar-refractivity contribution in [3.63, 3.8) is 0 Å². The predicted octanol–water partition coefficient (Wildman–Crippen LogP) is 5.11. The zero-order chi connectivity index (χ0) is 19.4. The van der Waals surface area contributed by atoms with Crippen LogP contribution in [0.5, 0.6) is 0 Å². The van der Waals surface area contributed by atoms with Gasteiger partial charge in [-0.25, -0.2) is 4.98 Å². The first-order valence-corrected chi connectivity index (χ1v) is 9.18. The fourth-order valence-corrected chi connectivity index (χ4v) is 3.34. The van der Waals surface area contributed by atoms with Crippen molar-refractivity contribution in [2.24, 2.45) is 0 Å². The first-order valence-electron chi connectivity index (χ1n) is 8.30. The first kappa shape index (κ1) is 19.1. The second-order valence-electron chi connectivity index (χ2n) is 6.07. The van der Waals surface area contributed by atoms with Crippen molar-refractivity contribution >= 4 is 17.2 Å². The van der Waals surface area contributed by atoms with E-state index in [1.54, 1.807) is 23.5 Å². The van der Waals surface area contributed by atoms with Crippen LogP contribution in [0.25, 0.3) is 10.6 Å². The van der Waals surface area contributed by atoms with Gasteiger partial charge in [0.1, 0.15) is 5.01 Å². The van der Waals surface area contributed by atoms with Crippen LogP contribution in [-0.2, 0) is 12.6 Å². The molecule has 1 amide bonds. The number of alkyl halides is 3. The average Bonchev–Trinajstić information content (AvgIpc) is 3.08. The molecule has 0 aliphatic heterocycles. The maximum atomic E-state index is 12.5. The number of rotatable bonds is 5. The molecule has 3 rings (SSSR count). The Hall–Kier alpha value is -2.67. The largest absolute Gasteiger partial charge is 0.416 e. The molecule has 140 valence electrons. The minimum absolute atomic E-state index is 0.219. The minimum Gasteiger partial charge on any atom is -0.352 e.